The first-order valence-corrected chi connectivity index (χ1v) is 10.5. The summed E-state index contributed by atoms with van der Waals surface area (Å²) < 4.78 is 5.94. The highest BCUT2D eigenvalue weighted by atomic mass is 16.5. The molecule has 2 aliphatic rings. The number of amides is 3. The predicted octanol–water partition coefficient (Wildman–Crippen LogP) is 0.490. The highest BCUT2D eigenvalue weighted by Gasteiger charge is 2.42. The molecular weight excluding hydrogens is 398 g/mol. The quantitative estimate of drug-likeness (QED) is 0.654. The van der Waals surface area contributed by atoms with Gasteiger partial charge in [-0.05, 0) is 26.3 Å². The van der Waals surface area contributed by atoms with E-state index in [4.69, 9.17) is 10.5 Å². The minimum absolute atomic E-state index is 0.121. The van der Waals surface area contributed by atoms with Gasteiger partial charge in [0.25, 0.3) is 5.91 Å². The van der Waals surface area contributed by atoms with Crippen molar-refractivity contribution in [3.05, 3.63) is 35.9 Å². The smallest absolute Gasteiger partial charge is 0.253 e. The second-order valence-electron chi connectivity index (χ2n) is 8.71. The number of nitrogens with two attached hydrogens (primary N) is 1. The van der Waals surface area contributed by atoms with Gasteiger partial charge in [-0.25, -0.2) is 5.01 Å². The number of hydrogen-bond donors (Lipinski definition) is 2. The number of piperidine rings is 1. The second kappa shape index (κ2) is 9.15. The van der Waals surface area contributed by atoms with Crippen LogP contribution in [0, 0.1) is 5.92 Å². The highest BCUT2D eigenvalue weighted by molar-refractivity contribution is 6.09. The van der Waals surface area contributed by atoms with Gasteiger partial charge in [-0.15, -0.1) is 0 Å². The summed E-state index contributed by atoms with van der Waals surface area (Å²) in [6, 6.07) is 8.67. The van der Waals surface area contributed by atoms with Crippen molar-refractivity contribution >= 4 is 23.4 Å². The largest absolute Gasteiger partial charge is 0.371 e. The Kier molecular flexibility index (Phi) is 6.76. The van der Waals surface area contributed by atoms with Gasteiger partial charge in [0.05, 0.1) is 29.9 Å². The lowest BCUT2D eigenvalue weighted by molar-refractivity contribution is -0.143. The number of likely N-dealkylation sites (tertiary alicyclic amines) is 1. The average Bonchev–Trinajstić information content (AvgIpc) is 3.02. The van der Waals surface area contributed by atoms with Crippen LogP contribution in [0.1, 0.15) is 32.8 Å². The molecule has 0 aliphatic carbocycles. The Labute approximate surface area is 182 Å². The summed E-state index contributed by atoms with van der Waals surface area (Å²) in [5.41, 5.74) is 6.54. The van der Waals surface area contributed by atoms with Crippen molar-refractivity contribution in [1.82, 2.24) is 15.2 Å². The number of rotatable bonds is 7. The number of benzene rings is 1. The Hall–Kier alpha value is -2.78. The van der Waals surface area contributed by atoms with Crippen molar-refractivity contribution in [2.24, 2.45) is 16.8 Å². The molecule has 3 amide bonds. The SMILES string of the molecule is C[C@@H](OCc1ccccc1)C(NC(=O)C(C)(C)N)C(=O)N1CCC2=NN(C)C(=O)C2C1. The summed E-state index contributed by atoms with van der Waals surface area (Å²) in [5.74, 6) is -1.29. The van der Waals surface area contributed by atoms with Crippen LogP contribution in [-0.2, 0) is 25.7 Å². The molecule has 0 radical (unpaired) electrons. The van der Waals surface area contributed by atoms with Gasteiger partial charge in [0.2, 0.25) is 11.8 Å². The molecule has 0 spiro atoms. The van der Waals surface area contributed by atoms with Crippen LogP contribution in [-0.4, -0.2) is 71.2 Å². The van der Waals surface area contributed by atoms with Crippen LogP contribution < -0.4 is 11.1 Å². The van der Waals surface area contributed by atoms with E-state index in [9.17, 15) is 14.4 Å². The summed E-state index contributed by atoms with van der Waals surface area (Å²) >= 11 is 0. The van der Waals surface area contributed by atoms with E-state index >= 15 is 0 Å². The first kappa shape index (κ1) is 22.9. The number of carbonyl (C=O) groups excluding carboxylic acids is 3. The van der Waals surface area contributed by atoms with Crippen molar-refractivity contribution in [2.75, 3.05) is 20.1 Å². The lowest BCUT2D eigenvalue weighted by Gasteiger charge is -2.35. The van der Waals surface area contributed by atoms with Crippen LogP contribution in [0.3, 0.4) is 0 Å². The summed E-state index contributed by atoms with van der Waals surface area (Å²) in [6.07, 6.45) is -0.0783. The van der Waals surface area contributed by atoms with Crippen LogP contribution in [0.15, 0.2) is 35.4 Å². The van der Waals surface area contributed by atoms with E-state index in [-0.39, 0.29) is 18.4 Å². The number of fused-ring (bicyclic) bond motifs is 1. The fourth-order valence-corrected chi connectivity index (χ4v) is 3.65. The third-order valence-electron chi connectivity index (χ3n) is 5.61. The van der Waals surface area contributed by atoms with Crippen molar-refractivity contribution in [3.8, 4) is 0 Å². The number of ether oxygens (including phenoxy) is 1. The average molecular weight is 430 g/mol. The summed E-state index contributed by atoms with van der Waals surface area (Å²) in [4.78, 5) is 39.9. The van der Waals surface area contributed by atoms with E-state index in [1.807, 2.05) is 30.3 Å². The summed E-state index contributed by atoms with van der Waals surface area (Å²) in [7, 11) is 1.62. The predicted molar refractivity (Wildman–Crippen MR) is 116 cm³/mol. The van der Waals surface area contributed by atoms with Crippen LogP contribution >= 0.6 is 0 Å². The highest BCUT2D eigenvalue weighted by Crippen LogP contribution is 2.23. The zero-order chi connectivity index (χ0) is 22.8. The Balaban J connectivity index is 1.73. The molecule has 1 saturated heterocycles. The van der Waals surface area contributed by atoms with Gasteiger partial charge in [0.15, 0.2) is 0 Å². The number of nitrogens with one attached hydrogen (secondary N) is 1. The van der Waals surface area contributed by atoms with E-state index < -0.39 is 29.5 Å². The Morgan fingerprint density at radius 3 is 2.65 bits per heavy atom. The standard InChI is InChI=1S/C22H31N5O4/c1-14(31-13-15-8-6-5-7-9-15)18(24-21(30)22(2,3)23)20(29)27-11-10-17-16(12-27)19(28)26(4)25-17/h5-9,14,16,18H,10-13,23H2,1-4H3,(H,24,30)/t14-,16?,18?/m1/s1. The van der Waals surface area contributed by atoms with Gasteiger partial charge in [0, 0.05) is 26.6 Å². The van der Waals surface area contributed by atoms with Crippen molar-refractivity contribution in [1.29, 1.82) is 0 Å². The van der Waals surface area contributed by atoms with Crippen LogP contribution in [0.4, 0.5) is 0 Å². The van der Waals surface area contributed by atoms with E-state index in [1.54, 1.807) is 32.7 Å². The van der Waals surface area contributed by atoms with Gasteiger partial charge < -0.3 is 20.7 Å². The lowest BCUT2D eigenvalue weighted by atomic mass is 9.94. The molecule has 31 heavy (non-hydrogen) atoms. The van der Waals surface area contributed by atoms with Crippen molar-refractivity contribution in [2.45, 2.75) is 51.5 Å². The molecular formula is C22H31N5O4. The van der Waals surface area contributed by atoms with E-state index in [2.05, 4.69) is 10.4 Å². The zero-order valence-corrected chi connectivity index (χ0v) is 18.5. The molecule has 3 N–H and O–H groups in total. The van der Waals surface area contributed by atoms with E-state index in [1.165, 1.54) is 5.01 Å². The minimum atomic E-state index is -1.15. The molecule has 0 bridgehead atoms. The molecule has 168 valence electrons. The maximum Gasteiger partial charge on any atom is 0.253 e. The Morgan fingerprint density at radius 2 is 2.00 bits per heavy atom. The number of nitrogens with zero attached hydrogens (tertiary/aromatic N) is 3. The number of carbonyl (C=O) groups is 3. The third-order valence-corrected chi connectivity index (χ3v) is 5.61. The fraction of sp³-hybridized carbons (Fsp3) is 0.545. The van der Waals surface area contributed by atoms with E-state index in [0.717, 1.165) is 11.3 Å². The molecule has 9 heteroatoms. The Bertz CT molecular complexity index is 864. The van der Waals surface area contributed by atoms with Crippen LogP contribution in [0.25, 0.3) is 0 Å². The molecule has 2 unspecified atom stereocenters. The molecule has 1 aromatic carbocycles. The molecule has 0 aromatic heterocycles. The maximum absolute atomic E-state index is 13.4. The van der Waals surface area contributed by atoms with Crippen LogP contribution in [0.2, 0.25) is 0 Å². The summed E-state index contributed by atoms with van der Waals surface area (Å²) in [5, 5.41) is 8.35. The van der Waals surface area contributed by atoms with Crippen molar-refractivity contribution in [3.63, 3.8) is 0 Å². The number of hydrogen-bond acceptors (Lipinski definition) is 6. The first-order valence-electron chi connectivity index (χ1n) is 10.5. The zero-order valence-electron chi connectivity index (χ0n) is 18.5. The molecule has 2 heterocycles. The molecule has 3 atom stereocenters. The molecule has 1 fully saturated rings. The lowest BCUT2D eigenvalue weighted by Crippen LogP contribution is -2.61. The fourth-order valence-electron chi connectivity index (χ4n) is 3.65. The van der Waals surface area contributed by atoms with Crippen LogP contribution in [0.5, 0.6) is 0 Å². The van der Waals surface area contributed by atoms with Gasteiger partial charge in [0.1, 0.15) is 6.04 Å². The second-order valence-corrected chi connectivity index (χ2v) is 8.71. The minimum Gasteiger partial charge on any atom is -0.371 e. The normalized spacial score (nSPS) is 20.7. The molecule has 9 nitrogen and oxygen atoms in total. The van der Waals surface area contributed by atoms with Gasteiger partial charge >= 0.3 is 0 Å². The monoisotopic (exact) mass is 429 g/mol. The van der Waals surface area contributed by atoms with Gasteiger partial charge in [-0.2, -0.15) is 5.10 Å². The van der Waals surface area contributed by atoms with E-state index in [0.29, 0.717) is 19.6 Å². The topological polar surface area (TPSA) is 117 Å². The molecule has 2 aliphatic heterocycles. The molecule has 1 aromatic rings. The molecule has 3 rings (SSSR count). The third kappa shape index (κ3) is 5.29. The van der Waals surface area contributed by atoms with Gasteiger partial charge in [-0.3, -0.25) is 14.4 Å². The van der Waals surface area contributed by atoms with Gasteiger partial charge in [-0.1, -0.05) is 30.3 Å². The number of hydrazone groups is 1. The van der Waals surface area contributed by atoms with Crippen molar-refractivity contribution < 1.29 is 19.1 Å². The maximum atomic E-state index is 13.4. The molecule has 0 saturated carbocycles. The Morgan fingerprint density at radius 1 is 1.32 bits per heavy atom. The summed E-state index contributed by atoms with van der Waals surface area (Å²) in [6.45, 7) is 5.88. The first-order chi connectivity index (χ1) is 14.6.